The van der Waals surface area contributed by atoms with Gasteiger partial charge in [0.2, 0.25) is 11.8 Å². The predicted octanol–water partition coefficient (Wildman–Crippen LogP) is 2.33. The normalized spacial score (nSPS) is 42.8. The van der Waals surface area contributed by atoms with Crippen LogP contribution in [0.2, 0.25) is 0 Å². The molecule has 21 heavy (non-hydrogen) atoms. The first kappa shape index (κ1) is 14.9. The molecule has 2 aliphatic carbocycles. The third-order valence-corrected chi connectivity index (χ3v) is 6.07. The second-order valence-corrected chi connectivity index (χ2v) is 7.82. The molecule has 4 nitrogen and oxygen atoms in total. The molecule has 1 aliphatic heterocycles. The number of fused-ring (bicyclic) bond motifs is 2. The van der Waals surface area contributed by atoms with Gasteiger partial charge in [-0.25, -0.2) is 0 Å². The number of hydrogen-bond acceptors (Lipinski definition) is 2. The lowest BCUT2D eigenvalue weighted by atomic mass is 9.84. The highest BCUT2D eigenvalue weighted by atomic mass is 16.2. The van der Waals surface area contributed by atoms with Crippen molar-refractivity contribution < 1.29 is 9.59 Å². The fraction of sp³-hybridized carbons (Fsp3) is 0.882. The minimum absolute atomic E-state index is 0.0386. The number of hydrogen-bond donors (Lipinski definition) is 1. The maximum atomic E-state index is 13.1. The Morgan fingerprint density at radius 1 is 1.29 bits per heavy atom. The van der Waals surface area contributed by atoms with E-state index in [2.05, 4.69) is 5.32 Å². The standard InChI is InChI=1S/C17H28N2O2/c1-5-17(4)16(21)19(14(10(2)3)15(20)18-17)13-9-11-6-7-12(13)8-11/h10-14H,5-9H2,1-4H3,(H,18,20). The summed E-state index contributed by atoms with van der Waals surface area (Å²) in [6.07, 6.45) is 5.55. The van der Waals surface area contributed by atoms with E-state index in [0.29, 0.717) is 18.4 Å². The van der Waals surface area contributed by atoms with Gasteiger partial charge in [0.25, 0.3) is 0 Å². The summed E-state index contributed by atoms with van der Waals surface area (Å²) in [4.78, 5) is 27.7. The van der Waals surface area contributed by atoms with Gasteiger partial charge in [0, 0.05) is 6.04 Å². The Morgan fingerprint density at radius 3 is 2.48 bits per heavy atom. The number of nitrogens with zero attached hydrogens (tertiary/aromatic N) is 1. The van der Waals surface area contributed by atoms with Crippen LogP contribution < -0.4 is 5.32 Å². The summed E-state index contributed by atoms with van der Waals surface area (Å²) in [5.74, 6) is 1.73. The highest BCUT2D eigenvalue weighted by Gasteiger charge is 2.54. The molecule has 5 unspecified atom stereocenters. The highest BCUT2D eigenvalue weighted by molar-refractivity contribution is 5.99. The van der Waals surface area contributed by atoms with Crippen molar-refractivity contribution in [3.63, 3.8) is 0 Å². The lowest BCUT2D eigenvalue weighted by Crippen LogP contribution is -2.72. The molecular weight excluding hydrogens is 264 g/mol. The number of nitrogens with one attached hydrogen (secondary N) is 1. The van der Waals surface area contributed by atoms with Crippen LogP contribution in [0, 0.1) is 17.8 Å². The molecule has 4 heteroatoms. The summed E-state index contributed by atoms with van der Waals surface area (Å²) < 4.78 is 0. The Bertz CT molecular complexity index is 462. The second-order valence-electron chi connectivity index (χ2n) is 7.82. The van der Waals surface area contributed by atoms with Gasteiger partial charge < -0.3 is 10.2 Å². The first-order chi connectivity index (χ1) is 9.87. The van der Waals surface area contributed by atoms with Crippen molar-refractivity contribution in [1.82, 2.24) is 10.2 Å². The number of amides is 2. The fourth-order valence-electron chi connectivity index (χ4n) is 4.71. The molecule has 3 fully saturated rings. The summed E-state index contributed by atoms with van der Waals surface area (Å²) in [5, 5.41) is 2.99. The van der Waals surface area contributed by atoms with Crippen molar-refractivity contribution in [3.05, 3.63) is 0 Å². The van der Waals surface area contributed by atoms with Crippen molar-refractivity contribution >= 4 is 11.8 Å². The van der Waals surface area contributed by atoms with Crippen LogP contribution in [0.3, 0.4) is 0 Å². The van der Waals surface area contributed by atoms with E-state index < -0.39 is 5.54 Å². The maximum absolute atomic E-state index is 13.1. The average molecular weight is 292 g/mol. The molecular formula is C17H28N2O2. The van der Waals surface area contributed by atoms with E-state index in [0.717, 1.165) is 12.3 Å². The quantitative estimate of drug-likeness (QED) is 0.868. The van der Waals surface area contributed by atoms with Crippen LogP contribution in [0.15, 0.2) is 0 Å². The summed E-state index contributed by atoms with van der Waals surface area (Å²) in [6, 6.07) is 0.00190. The molecule has 1 N–H and O–H groups in total. The lowest BCUT2D eigenvalue weighted by Gasteiger charge is -2.49. The van der Waals surface area contributed by atoms with Crippen LogP contribution in [0.5, 0.6) is 0 Å². The van der Waals surface area contributed by atoms with Crippen molar-refractivity contribution in [2.75, 3.05) is 0 Å². The van der Waals surface area contributed by atoms with E-state index in [1.54, 1.807) is 0 Å². The molecule has 1 heterocycles. The van der Waals surface area contributed by atoms with E-state index >= 15 is 0 Å². The van der Waals surface area contributed by atoms with E-state index in [9.17, 15) is 9.59 Å². The monoisotopic (exact) mass is 292 g/mol. The van der Waals surface area contributed by atoms with Gasteiger partial charge in [-0.3, -0.25) is 9.59 Å². The third-order valence-electron chi connectivity index (χ3n) is 6.07. The molecule has 2 amide bonds. The zero-order valence-corrected chi connectivity index (χ0v) is 13.7. The van der Waals surface area contributed by atoms with Crippen LogP contribution in [0.25, 0.3) is 0 Å². The van der Waals surface area contributed by atoms with Crippen LogP contribution in [0.4, 0.5) is 0 Å². The van der Waals surface area contributed by atoms with Gasteiger partial charge in [-0.05, 0) is 50.4 Å². The largest absolute Gasteiger partial charge is 0.340 e. The van der Waals surface area contributed by atoms with Gasteiger partial charge in [0.1, 0.15) is 11.6 Å². The second kappa shape index (κ2) is 4.99. The molecule has 0 aromatic carbocycles. The SMILES string of the molecule is CCC1(C)NC(=O)C(C(C)C)N(C2CC3CCC2C3)C1=O. The van der Waals surface area contributed by atoms with Crippen molar-refractivity contribution in [2.24, 2.45) is 17.8 Å². The Hall–Kier alpha value is -1.06. The minimum Gasteiger partial charge on any atom is -0.340 e. The number of rotatable bonds is 3. The first-order valence-electron chi connectivity index (χ1n) is 8.52. The Morgan fingerprint density at radius 2 is 2.00 bits per heavy atom. The average Bonchev–Trinajstić information content (AvgIpc) is 3.04. The molecule has 2 saturated carbocycles. The molecule has 0 aromatic heterocycles. The van der Waals surface area contributed by atoms with E-state index in [1.807, 2.05) is 32.6 Å². The fourth-order valence-corrected chi connectivity index (χ4v) is 4.71. The van der Waals surface area contributed by atoms with Gasteiger partial charge in [-0.15, -0.1) is 0 Å². The van der Waals surface area contributed by atoms with Gasteiger partial charge in [0.15, 0.2) is 0 Å². The Kier molecular flexibility index (Phi) is 3.53. The number of piperazine rings is 1. The van der Waals surface area contributed by atoms with Crippen LogP contribution in [0.1, 0.15) is 59.8 Å². The first-order valence-corrected chi connectivity index (χ1v) is 8.52. The van der Waals surface area contributed by atoms with E-state index in [1.165, 1.54) is 19.3 Å². The summed E-state index contributed by atoms with van der Waals surface area (Å²) in [7, 11) is 0. The lowest BCUT2D eigenvalue weighted by molar-refractivity contribution is -0.160. The molecule has 0 aromatic rings. The summed E-state index contributed by atoms with van der Waals surface area (Å²) in [5.41, 5.74) is -0.718. The minimum atomic E-state index is -0.718. The molecule has 2 bridgehead atoms. The zero-order chi connectivity index (χ0) is 15.4. The maximum Gasteiger partial charge on any atom is 0.248 e. The van der Waals surface area contributed by atoms with Crippen LogP contribution in [-0.4, -0.2) is 34.3 Å². The highest BCUT2D eigenvalue weighted by Crippen LogP contribution is 2.48. The van der Waals surface area contributed by atoms with Crippen molar-refractivity contribution in [3.8, 4) is 0 Å². The van der Waals surface area contributed by atoms with Crippen LogP contribution in [-0.2, 0) is 9.59 Å². The molecule has 0 spiro atoms. The number of carbonyl (C=O) groups is 2. The van der Waals surface area contributed by atoms with Crippen LogP contribution >= 0.6 is 0 Å². The Balaban J connectivity index is 1.95. The molecule has 1 saturated heterocycles. The van der Waals surface area contributed by atoms with Gasteiger partial charge >= 0.3 is 0 Å². The summed E-state index contributed by atoms with van der Waals surface area (Å²) in [6.45, 7) is 7.95. The molecule has 118 valence electrons. The topological polar surface area (TPSA) is 49.4 Å². The number of carbonyl (C=O) groups excluding carboxylic acids is 2. The molecule has 3 rings (SSSR count). The van der Waals surface area contributed by atoms with Gasteiger partial charge in [-0.2, -0.15) is 0 Å². The van der Waals surface area contributed by atoms with Gasteiger partial charge in [0.05, 0.1) is 0 Å². The van der Waals surface area contributed by atoms with E-state index in [4.69, 9.17) is 0 Å². The van der Waals surface area contributed by atoms with Crippen molar-refractivity contribution in [2.45, 2.75) is 77.4 Å². The molecule has 5 atom stereocenters. The smallest absolute Gasteiger partial charge is 0.248 e. The Labute approximate surface area is 127 Å². The van der Waals surface area contributed by atoms with E-state index in [-0.39, 0.29) is 23.8 Å². The summed E-state index contributed by atoms with van der Waals surface area (Å²) >= 11 is 0. The molecule has 3 aliphatic rings. The predicted molar refractivity (Wildman–Crippen MR) is 81.5 cm³/mol. The zero-order valence-electron chi connectivity index (χ0n) is 13.7. The third kappa shape index (κ3) is 2.18. The molecule has 0 radical (unpaired) electrons. The van der Waals surface area contributed by atoms with Gasteiger partial charge in [-0.1, -0.05) is 27.2 Å². The van der Waals surface area contributed by atoms with Crippen molar-refractivity contribution in [1.29, 1.82) is 0 Å².